The van der Waals surface area contributed by atoms with E-state index in [0.29, 0.717) is 23.1 Å². The molecule has 4 aromatic rings. The number of anilines is 1. The number of thiocarbonyl (C=S) groups is 1. The Kier molecular flexibility index (Phi) is 7.14. The summed E-state index contributed by atoms with van der Waals surface area (Å²) in [5, 5.41) is 6.88. The number of carbonyl (C=O) groups excluding carboxylic acids is 1. The predicted molar refractivity (Wildman–Crippen MR) is 144 cm³/mol. The maximum atomic E-state index is 13.6. The Labute approximate surface area is 219 Å². The van der Waals surface area contributed by atoms with Gasteiger partial charge in [-0.2, -0.15) is 0 Å². The third kappa shape index (κ3) is 5.17. The Bertz CT molecular complexity index is 1390. The number of aromatic nitrogens is 2. The van der Waals surface area contributed by atoms with E-state index in [9.17, 15) is 9.18 Å². The molecule has 1 fully saturated rings. The average molecular weight is 516 g/mol. The zero-order valence-corrected chi connectivity index (χ0v) is 21.0. The Morgan fingerprint density at radius 2 is 1.86 bits per heavy atom. The zero-order chi connectivity index (χ0) is 25.8. The van der Waals surface area contributed by atoms with Crippen LogP contribution >= 0.6 is 12.2 Å². The number of amides is 1. The van der Waals surface area contributed by atoms with Crippen molar-refractivity contribution in [2.24, 2.45) is 0 Å². The van der Waals surface area contributed by atoms with Crippen LogP contribution in [0.5, 0.6) is 5.75 Å². The van der Waals surface area contributed by atoms with E-state index >= 15 is 0 Å². The second-order valence-corrected chi connectivity index (χ2v) is 8.98. The van der Waals surface area contributed by atoms with E-state index in [0.717, 1.165) is 17.1 Å². The van der Waals surface area contributed by atoms with Gasteiger partial charge in [-0.05, 0) is 72.9 Å². The molecule has 1 aliphatic heterocycles. The largest absolute Gasteiger partial charge is 0.495 e. The number of benzene rings is 2. The Morgan fingerprint density at radius 3 is 2.62 bits per heavy atom. The Morgan fingerprint density at radius 1 is 1.08 bits per heavy atom. The molecule has 0 aliphatic carbocycles. The molecule has 0 saturated carbocycles. The van der Waals surface area contributed by atoms with E-state index in [1.54, 1.807) is 37.6 Å². The minimum atomic E-state index is -0.296. The summed E-state index contributed by atoms with van der Waals surface area (Å²) in [5.41, 5.74) is 3.22. The van der Waals surface area contributed by atoms with Gasteiger partial charge in [-0.3, -0.25) is 9.78 Å². The number of nitrogens with zero attached hydrogens (tertiary/aromatic N) is 3. The number of hydrogen-bond donors (Lipinski definition) is 2. The van der Waals surface area contributed by atoms with Gasteiger partial charge in [0.15, 0.2) is 5.11 Å². The number of rotatable bonds is 8. The molecule has 1 aliphatic rings. The highest BCUT2D eigenvalue weighted by molar-refractivity contribution is 7.80. The lowest BCUT2D eigenvalue weighted by molar-refractivity contribution is -0.116. The fourth-order valence-corrected chi connectivity index (χ4v) is 4.95. The fraction of sp³-hybridized carbons (Fsp3) is 0.179. The van der Waals surface area contributed by atoms with E-state index in [1.165, 1.54) is 12.1 Å². The second kappa shape index (κ2) is 10.8. The number of pyridine rings is 1. The van der Waals surface area contributed by atoms with Crippen molar-refractivity contribution >= 4 is 28.9 Å². The van der Waals surface area contributed by atoms with Crippen LogP contribution in [-0.2, 0) is 4.79 Å². The van der Waals surface area contributed by atoms with Crippen LogP contribution in [0.4, 0.5) is 10.1 Å². The van der Waals surface area contributed by atoms with Crippen LogP contribution in [0, 0.1) is 5.82 Å². The standard InChI is InChI=1S/C28H26FN5O2S/c1-36-24-10-3-2-7-21(24)31-25(35)15-18-34-27(26(32-28(34)37)22-8-4-5-16-30-22)23-9-6-17-33(23)20-13-11-19(29)12-14-20/h2-14,16-17,26-27H,15,18H2,1H3,(H,31,35)(H,32,37). The van der Waals surface area contributed by atoms with Gasteiger partial charge in [0.05, 0.1) is 30.6 Å². The zero-order valence-electron chi connectivity index (χ0n) is 20.2. The summed E-state index contributed by atoms with van der Waals surface area (Å²) in [6.45, 7) is 0.384. The monoisotopic (exact) mass is 515 g/mol. The summed E-state index contributed by atoms with van der Waals surface area (Å²) in [5.74, 6) is 0.149. The van der Waals surface area contributed by atoms with Gasteiger partial charge < -0.3 is 24.8 Å². The van der Waals surface area contributed by atoms with Crippen LogP contribution < -0.4 is 15.4 Å². The van der Waals surface area contributed by atoms with Gasteiger partial charge >= 0.3 is 0 Å². The van der Waals surface area contributed by atoms with Gasteiger partial charge in [0.1, 0.15) is 11.6 Å². The number of para-hydroxylation sites is 2. The summed E-state index contributed by atoms with van der Waals surface area (Å²) in [4.78, 5) is 19.5. The lowest BCUT2D eigenvalue weighted by Crippen LogP contribution is -2.33. The minimum Gasteiger partial charge on any atom is -0.495 e. The highest BCUT2D eigenvalue weighted by Crippen LogP contribution is 2.39. The van der Waals surface area contributed by atoms with Crippen LogP contribution in [0.3, 0.4) is 0 Å². The first kappa shape index (κ1) is 24.5. The van der Waals surface area contributed by atoms with Crippen molar-refractivity contribution in [3.63, 3.8) is 0 Å². The van der Waals surface area contributed by atoms with E-state index in [-0.39, 0.29) is 30.2 Å². The molecule has 5 rings (SSSR count). The second-order valence-electron chi connectivity index (χ2n) is 8.60. The molecule has 0 radical (unpaired) electrons. The summed E-state index contributed by atoms with van der Waals surface area (Å²) < 4.78 is 21.0. The molecule has 7 nitrogen and oxygen atoms in total. The number of methoxy groups -OCH3 is 1. The van der Waals surface area contributed by atoms with Crippen LogP contribution in [0.25, 0.3) is 5.69 Å². The first-order chi connectivity index (χ1) is 18.0. The third-order valence-electron chi connectivity index (χ3n) is 6.35. The molecule has 2 aromatic carbocycles. The van der Waals surface area contributed by atoms with Gasteiger partial charge in [-0.25, -0.2) is 4.39 Å². The van der Waals surface area contributed by atoms with Crippen LogP contribution in [-0.4, -0.2) is 39.1 Å². The molecule has 0 spiro atoms. The van der Waals surface area contributed by atoms with Crippen molar-refractivity contribution in [2.45, 2.75) is 18.5 Å². The Balaban J connectivity index is 1.43. The number of nitrogens with one attached hydrogen (secondary N) is 2. The maximum absolute atomic E-state index is 13.6. The van der Waals surface area contributed by atoms with E-state index in [4.69, 9.17) is 17.0 Å². The number of ether oxygens (including phenoxy) is 1. The lowest BCUT2D eigenvalue weighted by atomic mass is 10.0. The van der Waals surface area contributed by atoms with E-state index in [2.05, 4.69) is 15.6 Å². The summed E-state index contributed by atoms with van der Waals surface area (Å²) in [7, 11) is 1.57. The molecule has 2 N–H and O–H groups in total. The van der Waals surface area contributed by atoms with Crippen LogP contribution in [0.1, 0.15) is 29.9 Å². The first-order valence-electron chi connectivity index (χ1n) is 11.9. The highest BCUT2D eigenvalue weighted by atomic mass is 32.1. The molecule has 0 bridgehead atoms. The molecule has 3 heterocycles. The smallest absolute Gasteiger partial charge is 0.226 e. The van der Waals surface area contributed by atoms with E-state index in [1.807, 2.05) is 58.1 Å². The molecule has 1 saturated heterocycles. The van der Waals surface area contributed by atoms with Crippen molar-refractivity contribution in [1.29, 1.82) is 0 Å². The van der Waals surface area contributed by atoms with E-state index < -0.39 is 0 Å². The number of hydrogen-bond acceptors (Lipinski definition) is 4. The number of halogens is 1. The molecule has 9 heteroatoms. The Hall–Kier alpha value is -4.24. The molecule has 2 unspecified atom stereocenters. The lowest BCUT2D eigenvalue weighted by Gasteiger charge is -2.29. The fourth-order valence-electron chi connectivity index (χ4n) is 4.62. The quantitative estimate of drug-likeness (QED) is 0.321. The third-order valence-corrected chi connectivity index (χ3v) is 6.70. The maximum Gasteiger partial charge on any atom is 0.226 e. The number of carbonyl (C=O) groups is 1. The van der Waals surface area contributed by atoms with Crippen molar-refractivity contribution in [2.75, 3.05) is 19.0 Å². The SMILES string of the molecule is COc1ccccc1NC(=O)CCN1C(=S)NC(c2ccccn2)C1c1cccn1-c1ccc(F)cc1. The molecule has 2 aromatic heterocycles. The topological polar surface area (TPSA) is 71.4 Å². The molecular formula is C28H26FN5O2S. The van der Waals surface area contributed by atoms with Crippen molar-refractivity contribution < 1.29 is 13.9 Å². The van der Waals surface area contributed by atoms with Crippen LogP contribution in [0.2, 0.25) is 0 Å². The minimum absolute atomic E-state index is 0.152. The predicted octanol–water partition coefficient (Wildman–Crippen LogP) is 5.02. The highest BCUT2D eigenvalue weighted by Gasteiger charge is 2.41. The van der Waals surface area contributed by atoms with Gasteiger partial charge in [-0.15, -0.1) is 0 Å². The van der Waals surface area contributed by atoms with Gasteiger partial charge in [-0.1, -0.05) is 18.2 Å². The van der Waals surface area contributed by atoms with Crippen molar-refractivity contribution in [3.8, 4) is 11.4 Å². The summed E-state index contributed by atoms with van der Waals surface area (Å²) >= 11 is 5.74. The van der Waals surface area contributed by atoms with Crippen molar-refractivity contribution in [1.82, 2.24) is 19.8 Å². The molecule has 2 atom stereocenters. The average Bonchev–Trinajstić information content (AvgIpc) is 3.53. The van der Waals surface area contributed by atoms with Crippen LogP contribution in [0.15, 0.2) is 91.3 Å². The van der Waals surface area contributed by atoms with Crippen molar-refractivity contribution in [3.05, 3.63) is 108 Å². The summed E-state index contributed by atoms with van der Waals surface area (Å²) in [6, 6.07) is 22.9. The van der Waals surface area contributed by atoms with Gasteiger partial charge in [0.25, 0.3) is 0 Å². The molecule has 188 valence electrons. The normalized spacial score (nSPS) is 16.9. The molecular weight excluding hydrogens is 489 g/mol. The van der Waals surface area contributed by atoms with Gasteiger partial charge in [0, 0.05) is 36.7 Å². The molecule has 37 heavy (non-hydrogen) atoms. The summed E-state index contributed by atoms with van der Waals surface area (Å²) in [6.07, 6.45) is 3.90. The first-order valence-corrected chi connectivity index (χ1v) is 12.3. The molecule has 1 amide bonds. The van der Waals surface area contributed by atoms with Gasteiger partial charge in [0.2, 0.25) is 5.91 Å².